The van der Waals surface area contributed by atoms with Crippen LogP contribution in [-0.4, -0.2) is 42.5 Å². The molecule has 130 valence electrons. The molecule has 0 aromatic heterocycles. The summed E-state index contributed by atoms with van der Waals surface area (Å²) in [4.78, 5) is 26.0. The second kappa shape index (κ2) is 10.1. The number of nitrogens with zero attached hydrogens (tertiary/aromatic N) is 2. The Balaban J connectivity index is 2.41. The van der Waals surface area contributed by atoms with Crippen LogP contribution in [-0.2, 0) is 4.79 Å². The Kier molecular flexibility index (Phi) is 8.46. The van der Waals surface area contributed by atoms with E-state index in [-0.39, 0.29) is 17.9 Å². The highest BCUT2D eigenvalue weighted by atomic mass is 16.2. The van der Waals surface area contributed by atoms with E-state index in [1.165, 1.54) is 0 Å². The molecule has 0 spiro atoms. The SMILES string of the molecule is CCC[C@H](C#N)NC(=O)C[C@@H]1CCCN(C(=O)NCC(C)C)C1. The minimum atomic E-state index is -0.401. The van der Waals surface area contributed by atoms with E-state index < -0.39 is 6.04 Å². The van der Waals surface area contributed by atoms with Crippen molar-refractivity contribution in [3.8, 4) is 6.07 Å². The Morgan fingerprint density at radius 1 is 1.39 bits per heavy atom. The lowest BCUT2D eigenvalue weighted by molar-refractivity contribution is -0.122. The van der Waals surface area contributed by atoms with Crippen LogP contribution < -0.4 is 10.6 Å². The fraction of sp³-hybridized carbons (Fsp3) is 0.824. The number of carbonyl (C=O) groups is 2. The third-order valence-corrected chi connectivity index (χ3v) is 4.01. The Bertz CT molecular complexity index is 431. The van der Waals surface area contributed by atoms with Crippen LogP contribution in [0.2, 0.25) is 0 Å². The van der Waals surface area contributed by atoms with Crippen LogP contribution in [0.1, 0.15) is 52.9 Å². The summed E-state index contributed by atoms with van der Waals surface area (Å²) < 4.78 is 0. The molecule has 0 aliphatic carbocycles. The number of urea groups is 1. The van der Waals surface area contributed by atoms with Crippen LogP contribution in [0.25, 0.3) is 0 Å². The zero-order valence-electron chi connectivity index (χ0n) is 14.6. The number of nitrogens with one attached hydrogen (secondary N) is 2. The van der Waals surface area contributed by atoms with E-state index in [1.807, 2.05) is 6.92 Å². The number of amides is 3. The average Bonchev–Trinajstić information content (AvgIpc) is 2.52. The third-order valence-electron chi connectivity index (χ3n) is 4.01. The summed E-state index contributed by atoms with van der Waals surface area (Å²) in [5.41, 5.74) is 0. The van der Waals surface area contributed by atoms with E-state index in [9.17, 15) is 9.59 Å². The number of piperidine rings is 1. The minimum Gasteiger partial charge on any atom is -0.340 e. The van der Waals surface area contributed by atoms with Gasteiger partial charge in [0.15, 0.2) is 0 Å². The first kappa shape index (κ1) is 19.3. The van der Waals surface area contributed by atoms with Gasteiger partial charge < -0.3 is 15.5 Å². The van der Waals surface area contributed by atoms with Gasteiger partial charge in [0, 0.05) is 26.1 Å². The first-order chi connectivity index (χ1) is 11.0. The maximum Gasteiger partial charge on any atom is 0.317 e. The normalized spacial score (nSPS) is 19.1. The van der Waals surface area contributed by atoms with Crippen molar-refractivity contribution in [2.24, 2.45) is 11.8 Å². The maximum absolute atomic E-state index is 12.1. The molecular weight excluding hydrogens is 292 g/mol. The van der Waals surface area contributed by atoms with E-state index in [2.05, 4.69) is 30.6 Å². The van der Waals surface area contributed by atoms with Gasteiger partial charge in [0.05, 0.1) is 6.07 Å². The molecule has 1 fully saturated rings. The molecule has 6 nitrogen and oxygen atoms in total. The topological polar surface area (TPSA) is 85.2 Å². The van der Waals surface area contributed by atoms with Gasteiger partial charge in [-0.05, 0) is 31.1 Å². The number of hydrogen-bond donors (Lipinski definition) is 2. The van der Waals surface area contributed by atoms with Gasteiger partial charge in [0.25, 0.3) is 0 Å². The van der Waals surface area contributed by atoms with Crippen molar-refractivity contribution in [2.45, 2.75) is 58.9 Å². The average molecular weight is 322 g/mol. The fourth-order valence-electron chi connectivity index (χ4n) is 2.79. The van der Waals surface area contributed by atoms with Crippen LogP contribution in [0.5, 0.6) is 0 Å². The molecule has 0 aromatic carbocycles. The Labute approximate surface area is 139 Å². The number of hydrogen-bond acceptors (Lipinski definition) is 3. The van der Waals surface area contributed by atoms with E-state index in [4.69, 9.17) is 5.26 Å². The third kappa shape index (κ3) is 7.36. The lowest BCUT2D eigenvalue weighted by atomic mass is 9.94. The summed E-state index contributed by atoms with van der Waals surface area (Å²) in [6, 6.07) is 1.68. The lowest BCUT2D eigenvalue weighted by Gasteiger charge is -2.32. The monoisotopic (exact) mass is 322 g/mol. The van der Waals surface area contributed by atoms with Crippen molar-refractivity contribution in [3.63, 3.8) is 0 Å². The largest absolute Gasteiger partial charge is 0.340 e. The standard InChI is InChI=1S/C17H30N4O2/c1-4-6-15(10-18)20-16(22)9-14-7-5-8-21(12-14)17(23)19-11-13(2)3/h13-15H,4-9,11-12H2,1-3H3,(H,19,23)(H,20,22)/t14-,15+/m0/s1. The van der Waals surface area contributed by atoms with Crippen molar-refractivity contribution < 1.29 is 9.59 Å². The molecule has 6 heteroatoms. The highest BCUT2D eigenvalue weighted by molar-refractivity contribution is 5.77. The van der Waals surface area contributed by atoms with Gasteiger partial charge in [-0.25, -0.2) is 4.79 Å². The number of likely N-dealkylation sites (tertiary alicyclic amines) is 1. The molecule has 2 N–H and O–H groups in total. The van der Waals surface area contributed by atoms with E-state index in [0.717, 1.165) is 25.8 Å². The van der Waals surface area contributed by atoms with Crippen LogP contribution in [0, 0.1) is 23.2 Å². The van der Waals surface area contributed by atoms with Gasteiger partial charge in [-0.3, -0.25) is 4.79 Å². The zero-order valence-corrected chi connectivity index (χ0v) is 14.6. The predicted octanol–water partition coefficient (Wildman–Crippen LogP) is 2.26. The molecular formula is C17H30N4O2. The molecule has 1 aliphatic rings. The summed E-state index contributed by atoms with van der Waals surface area (Å²) in [6.45, 7) is 8.14. The van der Waals surface area contributed by atoms with Gasteiger partial charge in [-0.1, -0.05) is 27.2 Å². The molecule has 1 aliphatic heterocycles. The van der Waals surface area contributed by atoms with Gasteiger partial charge in [0.2, 0.25) is 5.91 Å². The van der Waals surface area contributed by atoms with Gasteiger partial charge in [-0.15, -0.1) is 0 Å². The van der Waals surface area contributed by atoms with Crippen molar-refractivity contribution in [2.75, 3.05) is 19.6 Å². The van der Waals surface area contributed by atoms with Crippen molar-refractivity contribution >= 4 is 11.9 Å². The van der Waals surface area contributed by atoms with Crippen LogP contribution in [0.3, 0.4) is 0 Å². The highest BCUT2D eigenvalue weighted by Crippen LogP contribution is 2.19. The maximum atomic E-state index is 12.1. The van der Waals surface area contributed by atoms with E-state index >= 15 is 0 Å². The smallest absolute Gasteiger partial charge is 0.317 e. The zero-order chi connectivity index (χ0) is 17.2. The Morgan fingerprint density at radius 3 is 2.74 bits per heavy atom. The van der Waals surface area contributed by atoms with E-state index in [1.54, 1.807) is 4.90 Å². The lowest BCUT2D eigenvalue weighted by Crippen LogP contribution is -2.47. The minimum absolute atomic E-state index is 0.0373. The molecule has 2 atom stereocenters. The fourth-order valence-corrected chi connectivity index (χ4v) is 2.79. The second-order valence-corrected chi connectivity index (χ2v) is 6.78. The van der Waals surface area contributed by atoms with Crippen molar-refractivity contribution in [1.82, 2.24) is 15.5 Å². The molecule has 3 amide bonds. The van der Waals surface area contributed by atoms with Crippen LogP contribution in [0.4, 0.5) is 4.79 Å². The molecule has 1 heterocycles. The van der Waals surface area contributed by atoms with Gasteiger partial charge in [-0.2, -0.15) is 5.26 Å². The number of nitriles is 1. The predicted molar refractivity (Wildman–Crippen MR) is 89.6 cm³/mol. The molecule has 0 saturated carbocycles. The van der Waals surface area contributed by atoms with Crippen molar-refractivity contribution in [3.05, 3.63) is 0 Å². The summed E-state index contributed by atoms with van der Waals surface area (Å²) in [5, 5.41) is 14.7. The number of carbonyl (C=O) groups excluding carboxylic acids is 2. The quantitative estimate of drug-likeness (QED) is 0.754. The van der Waals surface area contributed by atoms with Gasteiger partial charge in [0.1, 0.15) is 6.04 Å². The molecule has 0 radical (unpaired) electrons. The number of rotatable bonds is 7. The summed E-state index contributed by atoms with van der Waals surface area (Å²) in [5.74, 6) is 0.515. The van der Waals surface area contributed by atoms with Crippen LogP contribution >= 0.6 is 0 Å². The molecule has 1 saturated heterocycles. The molecule has 23 heavy (non-hydrogen) atoms. The van der Waals surface area contributed by atoms with E-state index in [0.29, 0.717) is 31.8 Å². The molecule has 0 unspecified atom stereocenters. The molecule has 1 rings (SSSR count). The summed E-state index contributed by atoms with van der Waals surface area (Å²) >= 11 is 0. The Morgan fingerprint density at radius 2 is 2.13 bits per heavy atom. The molecule has 0 aromatic rings. The van der Waals surface area contributed by atoms with Gasteiger partial charge >= 0.3 is 6.03 Å². The highest BCUT2D eigenvalue weighted by Gasteiger charge is 2.25. The van der Waals surface area contributed by atoms with Crippen LogP contribution in [0.15, 0.2) is 0 Å². The first-order valence-corrected chi connectivity index (χ1v) is 8.68. The summed E-state index contributed by atoms with van der Waals surface area (Å²) in [7, 11) is 0. The first-order valence-electron chi connectivity index (χ1n) is 8.68. The van der Waals surface area contributed by atoms with Crippen molar-refractivity contribution in [1.29, 1.82) is 5.26 Å². The molecule has 0 bridgehead atoms. The summed E-state index contributed by atoms with van der Waals surface area (Å²) in [6.07, 6.45) is 3.80. The second-order valence-electron chi connectivity index (χ2n) is 6.78. The Hall–Kier alpha value is -1.77.